The van der Waals surface area contributed by atoms with Crippen LogP contribution < -0.4 is 0 Å². The lowest BCUT2D eigenvalue weighted by atomic mass is 10.0. The molecule has 0 saturated carbocycles. The highest BCUT2D eigenvalue weighted by Crippen LogP contribution is 2.24. The lowest BCUT2D eigenvalue weighted by Crippen LogP contribution is -2.48. The van der Waals surface area contributed by atoms with E-state index in [1.807, 2.05) is 0 Å². The molecule has 2 rings (SSSR count). The lowest BCUT2D eigenvalue weighted by molar-refractivity contribution is -0.148. The number of esters is 1. The molecule has 1 aliphatic rings. The van der Waals surface area contributed by atoms with Gasteiger partial charge < -0.3 is 9.84 Å². The number of carbonyl (C=O) groups excluding carboxylic acids is 3. The number of imide groups is 2. The third-order valence-electron chi connectivity index (χ3n) is 3.38. The minimum atomic E-state index is -1.64. The summed E-state index contributed by atoms with van der Waals surface area (Å²) < 4.78 is 4.64. The molecule has 23 heavy (non-hydrogen) atoms. The van der Waals surface area contributed by atoms with Gasteiger partial charge in [0.05, 0.1) is 7.11 Å². The second-order valence-electron chi connectivity index (χ2n) is 4.75. The molecule has 0 aromatic heterocycles. The van der Waals surface area contributed by atoms with Gasteiger partial charge in [0.1, 0.15) is 11.7 Å². The number of urea groups is 1. The first-order valence-corrected chi connectivity index (χ1v) is 6.59. The molecule has 1 aromatic carbocycles. The van der Waals surface area contributed by atoms with E-state index in [-0.39, 0.29) is 11.3 Å². The highest BCUT2D eigenvalue weighted by atomic mass is 16.5. The molecular weight excluding hydrogens is 304 g/mol. The topological polar surface area (TPSA) is 104 Å². The summed E-state index contributed by atoms with van der Waals surface area (Å²) in [5.74, 6) is -1.76. The first kappa shape index (κ1) is 16.2. The molecule has 120 valence electrons. The van der Waals surface area contributed by atoms with Crippen LogP contribution in [0.2, 0.25) is 0 Å². The zero-order valence-electron chi connectivity index (χ0n) is 12.3. The van der Waals surface area contributed by atoms with Crippen LogP contribution in [-0.4, -0.2) is 52.1 Å². The van der Waals surface area contributed by atoms with Gasteiger partial charge >= 0.3 is 18.1 Å². The maximum atomic E-state index is 12.2. The van der Waals surface area contributed by atoms with Gasteiger partial charge in [-0.05, 0) is 5.56 Å². The summed E-state index contributed by atoms with van der Waals surface area (Å²) in [4.78, 5) is 48.2. The third-order valence-corrected chi connectivity index (χ3v) is 3.38. The predicted octanol–water partition coefficient (Wildman–Crippen LogP) is 1.23. The molecule has 1 atom stereocenters. The standard InChI is InChI=1S/C15H14N2O6/c1-9-12(18)17(14(20)16(9)15(21)22)11(13(19)23-2)8-10-6-4-3-5-7-10/h3-7,11H,1,8H2,2H3,(H,21,22). The number of rotatable bonds is 4. The van der Waals surface area contributed by atoms with Gasteiger partial charge in [-0.25, -0.2) is 19.3 Å². The Bertz CT molecular complexity index is 684. The molecule has 1 aliphatic heterocycles. The summed E-state index contributed by atoms with van der Waals surface area (Å²) >= 11 is 0. The Morgan fingerprint density at radius 2 is 1.87 bits per heavy atom. The molecule has 0 radical (unpaired) electrons. The van der Waals surface area contributed by atoms with Crippen molar-refractivity contribution >= 4 is 24.0 Å². The summed E-state index contributed by atoms with van der Waals surface area (Å²) in [5.41, 5.74) is 0.160. The highest BCUT2D eigenvalue weighted by Gasteiger charge is 2.49. The Kier molecular flexibility index (Phi) is 4.44. The number of carbonyl (C=O) groups is 4. The fourth-order valence-electron chi connectivity index (χ4n) is 2.27. The van der Waals surface area contributed by atoms with Gasteiger partial charge in [0.25, 0.3) is 5.91 Å². The van der Waals surface area contributed by atoms with Crippen molar-refractivity contribution in [3.63, 3.8) is 0 Å². The smallest absolute Gasteiger partial charge is 0.420 e. The van der Waals surface area contributed by atoms with Crippen molar-refractivity contribution in [1.82, 2.24) is 9.80 Å². The van der Waals surface area contributed by atoms with E-state index in [0.717, 1.165) is 7.11 Å². The quantitative estimate of drug-likeness (QED) is 0.508. The molecule has 0 bridgehead atoms. The van der Waals surface area contributed by atoms with Crippen molar-refractivity contribution in [3.05, 3.63) is 48.2 Å². The van der Waals surface area contributed by atoms with Crippen molar-refractivity contribution in [2.45, 2.75) is 12.5 Å². The van der Waals surface area contributed by atoms with Crippen LogP contribution in [0.5, 0.6) is 0 Å². The lowest BCUT2D eigenvalue weighted by Gasteiger charge is -2.23. The molecule has 1 N–H and O–H groups in total. The predicted molar refractivity (Wildman–Crippen MR) is 77.2 cm³/mol. The number of hydrogen-bond acceptors (Lipinski definition) is 5. The van der Waals surface area contributed by atoms with E-state index in [1.165, 1.54) is 0 Å². The van der Waals surface area contributed by atoms with E-state index < -0.39 is 35.7 Å². The molecule has 8 nitrogen and oxygen atoms in total. The summed E-state index contributed by atoms with van der Waals surface area (Å²) in [6, 6.07) is 6.26. The van der Waals surface area contributed by atoms with Crippen molar-refractivity contribution in [3.8, 4) is 0 Å². The van der Waals surface area contributed by atoms with Crippen LogP contribution in [0.25, 0.3) is 0 Å². The molecule has 1 unspecified atom stereocenters. The van der Waals surface area contributed by atoms with Crippen molar-refractivity contribution in [2.24, 2.45) is 0 Å². The Morgan fingerprint density at radius 1 is 1.26 bits per heavy atom. The van der Waals surface area contributed by atoms with E-state index >= 15 is 0 Å². The number of carboxylic acid groups (broad SMARTS) is 1. The van der Waals surface area contributed by atoms with E-state index in [0.29, 0.717) is 10.5 Å². The number of methoxy groups -OCH3 is 1. The van der Waals surface area contributed by atoms with Crippen LogP contribution in [0.4, 0.5) is 9.59 Å². The van der Waals surface area contributed by atoms with Gasteiger partial charge in [-0.2, -0.15) is 4.90 Å². The second-order valence-corrected chi connectivity index (χ2v) is 4.75. The van der Waals surface area contributed by atoms with E-state index in [9.17, 15) is 19.2 Å². The van der Waals surface area contributed by atoms with Crippen LogP contribution in [0.15, 0.2) is 42.6 Å². The number of benzene rings is 1. The summed E-state index contributed by atoms with van der Waals surface area (Å²) in [6.07, 6.45) is -1.63. The number of hydrogen-bond donors (Lipinski definition) is 1. The zero-order chi connectivity index (χ0) is 17.1. The van der Waals surface area contributed by atoms with Crippen LogP contribution >= 0.6 is 0 Å². The fraction of sp³-hybridized carbons (Fsp3) is 0.200. The van der Waals surface area contributed by atoms with Gasteiger partial charge in [-0.15, -0.1) is 0 Å². The van der Waals surface area contributed by atoms with E-state index in [2.05, 4.69) is 11.3 Å². The monoisotopic (exact) mass is 318 g/mol. The highest BCUT2D eigenvalue weighted by molar-refractivity contribution is 6.18. The van der Waals surface area contributed by atoms with Gasteiger partial charge in [-0.1, -0.05) is 36.9 Å². The van der Waals surface area contributed by atoms with E-state index in [4.69, 9.17) is 5.11 Å². The average Bonchev–Trinajstić information content (AvgIpc) is 2.75. The summed E-state index contributed by atoms with van der Waals surface area (Å²) in [7, 11) is 1.12. The maximum absolute atomic E-state index is 12.2. The Morgan fingerprint density at radius 3 is 2.35 bits per heavy atom. The third kappa shape index (κ3) is 2.91. The Labute approximate surface area is 131 Å². The van der Waals surface area contributed by atoms with Crippen molar-refractivity contribution < 1.29 is 29.0 Å². The van der Waals surface area contributed by atoms with Gasteiger partial charge in [0, 0.05) is 6.42 Å². The molecule has 4 amide bonds. The largest absolute Gasteiger partial charge is 0.467 e. The summed E-state index contributed by atoms with van der Waals surface area (Å²) in [6.45, 7) is 3.29. The SMILES string of the molecule is C=C1C(=O)N(C(Cc2ccccc2)C(=O)OC)C(=O)N1C(=O)O. The van der Waals surface area contributed by atoms with Gasteiger partial charge in [-0.3, -0.25) is 4.79 Å². The van der Waals surface area contributed by atoms with Crippen molar-refractivity contribution in [1.29, 1.82) is 0 Å². The Balaban J connectivity index is 2.38. The molecule has 8 heteroatoms. The molecule has 1 heterocycles. The fourth-order valence-corrected chi connectivity index (χ4v) is 2.27. The van der Waals surface area contributed by atoms with Crippen LogP contribution in [0, 0.1) is 0 Å². The van der Waals surface area contributed by atoms with Crippen LogP contribution in [0.1, 0.15) is 5.56 Å². The van der Waals surface area contributed by atoms with Crippen molar-refractivity contribution in [2.75, 3.05) is 7.11 Å². The first-order valence-electron chi connectivity index (χ1n) is 6.59. The molecule has 0 spiro atoms. The van der Waals surface area contributed by atoms with E-state index in [1.54, 1.807) is 30.3 Å². The minimum Gasteiger partial charge on any atom is -0.467 e. The molecular formula is C15H14N2O6. The molecule has 0 aliphatic carbocycles. The zero-order valence-corrected chi connectivity index (χ0v) is 12.3. The average molecular weight is 318 g/mol. The van der Waals surface area contributed by atoms with Crippen LogP contribution in [0.3, 0.4) is 0 Å². The first-order chi connectivity index (χ1) is 10.9. The van der Waals surface area contributed by atoms with Crippen LogP contribution in [-0.2, 0) is 20.7 Å². The summed E-state index contributed by atoms with van der Waals surface area (Å²) in [5, 5.41) is 9.01. The normalized spacial score (nSPS) is 15.8. The second kappa shape index (κ2) is 6.30. The number of nitrogens with zero attached hydrogens (tertiary/aromatic N) is 2. The number of amides is 4. The molecule has 1 fully saturated rings. The molecule has 1 saturated heterocycles. The molecule has 1 aromatic rings. The minimum absolute atomic E-state index is 0.00569. The van der Waals surface area contributed by atoms with Gasteiger partial charge in [0.2, 0.25) is 0 Å². The maximum Gasteiger partial charge on any atom is 0.420 e. The van der Waals surface area contributed by atoms with Gasteiger partial charge in [0.15, 0.2) is 0 Å². The number of ether oxygens (including phenoxy) is 1. The Hall–Kier alpha value is -3.16.